The molecule has 2 unspecified atom stereocenters. The van der Waals surface area contributed by atoms with Gasteiger partial charge >= 0.3 is 0 Å². The molecule has 1 saturated carbocycles. The van der Waals surface area contributed by atoms with Gasteiger partial charge in [0.1, 0.15) is 0 Å². The van der Waals surface area contributed by atoms with Crippen molar-refractivity contribution in [3.05, 3.63) is 0 Å². The third-order valence-electron chi connectivity index (χ3n) is 6.99. The summed E-state index contributed by atoms with van der Waals surface area (Å²) in [4.78, 5) is 5.27. The molecule has 4 heterocycles. The highest BCUT2D eigenvalue weighted by Crippen LogP contribution is 2.36. The number of likely N-dealkylation sites (tertiary alicyclic amines) is 1. The molecule has 140 valence electrons. The number of piperazine rings is 1. The lowest BCUT2D eigenvalue weighted by atomic mass is 9.76. The molecule has 0 aromatic rings. The molecule has 5 rings (SSSR count). The standard InChI is InChI=1S/C19H35N3.C2H6/c1-21-8-6-16(7-9-21)10-15-2-4-17(5-3-15)12-22-13-18-11-19(14-22)20-18;1-2/h15-20H,2-14H2,1H3;1-2H3. The average molecular weight is 336 g/mol. The minimum absolute atomic E-state index is 0.833. The van der Waals surface area contributed by atoms with Gasteiger partial charge in [-0.05, 0) is 76.4 Å². The van der Waals surface area contributed by atoms with Crippen LogP contribution in [0.15, 0.2) is 0 Å². The summed E-state index contributed by atoms with van der Waals surface area (Å²) in [7, 11) is 2.28. The number of hydrogen-bond donors (Lipinski definition) is 1. The van der Waals surface area contributed by atoms with Crippen LogP contribution in [0.1, 0.15) is 65.2 Å². The highest BCUT2D eigenvalue weighted by atomic mass is 15.3. The molecule has 1 N–H and O–H groups in total. The molecule has 0 amide bonds. The largest absolute Gasteiger partial charge is 0.309 e. The molecule has 4 saturated heterocycles. The van der Waals surface area contributed by atoms with Gasteiger partial charge in [-0.15, -0.1) is 0 Å². The Morgan fingerprint density at radius 3 is 1.88 bits per heavy atom. The van der Waals surface area contributed by atoms with Crippen molar-refractivity contribution in [3.63, 3.8) is 0 Å². The van der Waals surface area contributed by atoms with Gasteiger partial charge in [-0.25, -0.2) is 0 Å². The molecular formula is C21H41N3. The van der Waals surface area contributed by atoms with Crippen molar-refractivity contribution in [2.45, 2.75) is 77.3 Å². The minimum Gasteiger partial charge on any atom is -0.309 e. The predicted molar refractivity (Wildman–Crippen MR) is 103 cm³/mol. The third kappa shape index (κ3) is 4.95. The lowest BCUT2D eigenvalue weighted by molar-refractivity contribution is 0.0563. The fourth-order valence-corrected chi connectivity index (χ4v) is 5.54. The van der Waals surface area contributed by atoms with Crippen LogP contribution in [0.2, 0.25) is 0 Å². The molecule has 0 spiro atoms. The number of nitrogens with one attached hydrogen (secondary N) is 1. The molecule has 2 bridgehead atoms. The summed E-state index contributed by atoms with van der Waals surface area (Å²) in [5.74, 6) is 3.10. The normalized spacial score (nSPS) is 38.1. The molecule has 5 fully saturated rings. The SMILES string of the molecule is CC.CN1CCC(CC2CCC(CN3CC4CC(C3)N4)CC2)CC1. The van der Waals surface area contributed by atoms with Crippen LogP contribution in [-0.2, 0) is 0 Å². The van der Waals surface area contributed by atoms with E-state index >= 15 is 0 Å². The second-order valence-corrected chi connectivity index (χ2v) is 8.88. The van der Waals surface area contributed by atoms with Crippen LogP contribution < -0.4 is 5.32 Å². The van der Waals surface area contributed by atoms with Gasteiger partial charge < -0.3 is 10.2 Å². The number of rotatable bonds is 4. The van der Waals surface area contributed by atoms with E-state index in [1.165, 1.54) is 77.7 Å². The van der Waals surface area contributed by atoms with E-state index in [4.69, 9.17) is 0 Å². The third-order valence-corrected chi connectivity index (χ3v) is 6.99. The second kappa shape index (κ2) is 9.00. The van der Waals surface area contributed by atoms with Gasteiger partial charge in [0.25, 0.3) is 0 Å². The van der Waals surface area contributed by atoms with Crippen molar-refractivity contribution in [1.29, 1.82) is 0 Å². The van der Waals surface area contributed by atoms with Crippen LogP contribution in [0.4, 0.5) is 0 Å². The summed E-state index contributed by atoms with van der Waals surface area (Å²) in [6.45, 7) is 10.7. The van der Waals surface area contributed by atoms with Gasteiger partial charge in [-0.2, -0.15) is 0 Å². The lowest BCUT2D eigenvalue weighted by Gasteiger charge is -2.49. The van der Waals surface area contributed by atoms with Crippen molar-refractivity contribution >= 4 is 0 Å². The zero-order chi connectivity index (χ0) is 16.9. The molecule has 0 aromatic heterocycles. The molecule has 4 aliphatic heterocycles. The van der Waals surface area contributed by atoms with Crippen molar-refractivity contribution in [1.82, 2.24) is 15.1 Å². The Balaban J connectivity index is 0.000000815. The Kier molecular flexibility index (Phi) is 7.00. The Morgan fingerprint density at radius 1 is 0.792 bits per heavy atom. The van der Waals surface area contributed by atoms with E-state index in [0.29, 0.717) is 0 Å². The molecule has 1 aliphatic carbocycles. The van der Waals surface area contributed by atoms with Crippen LogP contribution in [0.3, 0.4) is 0 Å². The fourth-order valence-electron chi connectivity index (χ4n) is 5.54. The van der Waals surface area contributed by atoms with Crippen molar-refractivity contribution in [2.24, 2.45) is 17.8 Å². The number of nitrogens with zero attached hydrogens (tertiary/aromatic N) is 2. The maximum absolute atomic E-state index is 3.66. The minimum atomic E-state index is 0.833. The maximum atomic E-state index is 3.66. The van der Waals surface area contributed by atoms with Gasteiger partial charge in [-0.3, -0.25) is 4.90 Å². The summed E-state index contributed by atoms with van der Waals surface area (Å²) >= 11 is 0. The van der Waals surface area contributed by atoms with Crippen LogP contribution in [0, 0.1) is 17.8 Å². The fraction of sp³-hybridized carbons (Fsp3) is 1.00. The van der Waals surface area contributed by atoms with E-state index < -0.39 is 0 Å². The zero-order valence-corrected chi connectivity index (χ0v) is 16.5. The van der Waals surface area contributed by atoms with Gasteiger partial charge in [0.15, 0.2) is 0 Å². The molecule has 3 nitrogen and oxygen atoms in total. The van der Waals surface area contributed by atoms with Crippen LogP contribution in [-0.4, -0.2) is 61.7 Å². The van der Waals surface area contributed by atoms with E-state index in [-0.39, 0.29) is 0 Å². The quantitative estimate of drug-likeness (QED) is 0.847. The topological polar surface area (TPSA) is 18.5 Å². The average Bonchev–Trinajstić information content (AvgIpc) is 2.60. The molecule has 0 aromatic carbocycles. The molecule has 0 radical (unpaired) electrons. The monoisotopic (exact) mass is 335 g/mol. The molecule has 5 aliphatic rings. The molecule has 3 heteroatoms. The second-order valence-electron chi connectivity index (χ2n) is 8.88. The van der Waals surface area contributed by atoms with E-state index in [2.05, 4.69) is 22.2 Å². The van der Waals surface area contributed by atoms with E-state index in [0.717, 1.165) is 29.8 Å². The number of hydrogen-bond acceptors (Lipinski definition) is 3. The number of fused-ring (bicyclic) bond motifs is 2. The first kappa shape index (κ1) is 18.7. The van der Waals surface area contributed by atoms with E-state index in [1.54, 1.807) is 6.42 Å². The van der Waals surface area contributed by atoms with Crippen molar-refractivity contribution in [2.75, 3.05) is 39.8 Å². The van der Waals surface area contributed by atoms with Gasteiger partial charge in [0, 0.05) is 31.7 Å². The zero-order valence-electron chi connectivity index (χ0n) is 16.5. The maximum Gasteiger partial charge on any atom is 0.0213 e. The highest BCUT2D eigenvalue weighted by molar-refractivity contribution is 4.98. The Hall–Kier alpha value is -0.120. The Labute approximate surface area is 150 Å². The number of piperidine rings is 2. The summed E-state index contributed by atoms with van der Waals surface area (Å²) in [5.41, 5.74) is 0. The van der Waals surface area contributed by atoms with Crippen molar-refractivity contribution in [3.8, 4) is 0 Å². The lowest BCUT2D eigenvalue weighted by Crippen LogP contribution is -2.67. The Morgan fingerprint density at radius 2 is 1.29 bits per heavy atom. The summed E-state index contributed by atoms with van der Waals surface area (Å²) in [6.07, 6.45) is 12.0. The van der Waals surface area contributed by atoms with Gasteiger partial charge in [0.05, 0.1) is 0 Å². The first-order valence-corrected chi connectivity index (χ1v) is 10.9. The van der Waals surface area contributed by atoms with Crippen LogP contribution in [0.25, 0.3) is 0 Å². The predicted octanol–water partition coefficient (Wildman–Crippen LogP) is 3.60. The molecule has 24 heavy (non-hydrogen) atoms. The highest BCUT2D eigenvalue weighted by Gasteiger charge is 2.37. The Bertz CT molecular complexity index is 340. The van der Waals surface area contributed by atoms with E-state index in [1.807, 2.05) is 13.8 Å². The van der Waals surface area contributed by atoms with Gasteiger partial charge in [0.2, 0.25) is 0 Å². The smallest absolute Gasteiger partial charge is 0.0213 e. The van der Waals surface area contributed by atoms with Crippen molar-refractivity contribution < 1.29 is 0 Å². The van der Waals surface area contributed by atoms with Crippen LogP contribution >= 0.6 is 0 Å². The van der Waals surface area contributed by atoms with E-state index in [9.17, 15) is 0 Å². The summed E-state index contributed by atoms with van der Waals surface area (Å²) in [5, 5.41) is 3.66. The first-order chi connectivity index (χ1) is 11.7. The van der Waals surface area contributed by atoms with Crippen LogP contribution in [0.5, 0.6) is 0 Å². The first-order valence-electron chi connectivity index (χ1n) is 10.9. The summed E-state index contributed by atoms with van der Waals surface area (Å²) < 4.78 is 0. The molecule has 2 atom stereocenters. The summed E-state index contributed by atoms with van der Waals surface area (Å²) in [6, 6.07) is 1.67. The molecular weight excluding hydrogens is 294 g/mol. The van der Waals surface area contributed by atoms with Gasteiger partial charge in [-0.1, -0.05) is 26.7 Å².